The summed E-state index contributed by atoms with van der Waals surface area (Å²) in [5.74, 6) is 0. The Balaban J connectivity index is 2.03. The van der Waals surface area contributed by atoms with Gasteiger partial charge in [0.15, 0.2) is 0 Å². The van der Waals surface area contributed by atoms with Gasteiger partial charge in [0, 0.05) is 5.56 Å². The molecule has 0 bridgehead atoms. The van der Waals surface area contributed by atoms with Gasteiger partial charge in [-0.15, -0.1) is 17.1 Å². The summed E-state index contributed by atoms with van der Waals surface area (Å²) < 4.78 is 1.22. The molecule has 1 aromatic heterocycles. The number of benzene rings is 3. The second-order valence-electron chi connectivity index (χ2n) is 5.42. The van der Waals surface area contributed by atoms with Crippen molar-refractivity contribution in [2.75, 3.05) is 0 Å². The molecule has 0 aliphatic carbocycles. The van der Waals surface area contributed by atoms with E-state index in [9.17, 15) is 0 Å². The van der Waals surface area contributed by atoms with E-state index in [0.29, 0.717) is 0 Å². The van der Waals surface area contributed by atoms with Gasteiger partial charge in [0.2, 0.25) is 0 Å². The summed E-state index contributed by atoms with van der Waals surface area (Å²) in [6, 6.07) is 21.2. The number of hydrogen-bond acceptors (Lipinski definition) is 2. The number of para-hydroxylation sites is 1. The summed E-state index contributed by atoms with van der Waals surface area (Å²) in [7, 11) is 0. The molecule has 0 aliphatic rings. The molecule has 0 spiro atoms. The van der Waals surface area contributed by atoms with Crippen LogP contribution in [0.5, 0.6) is 0 Å². The Kier molecular flexibility index (Phi) is 3.55. The van der Waals surface area contributed by atoms with Crippen LogP contribution in [0.15, 0.2) is 79.0 Å². The molecule has 0 unspecified atom stereocenters. The summed E-state index contributed by atoms with van der Waals surface area (Å²) in [5.41, 5.74) is 6.43. The standard InChI is InChI=1S/C21H15NS/c1-2-3-8-16-14-13-15-9-4-5-10-17(15)20(16)21-22-18-11-6-7-12-19(18)23-21/h3-7,9-14H,1,8H2. The molecule has 0 saturated carbocycles. The maximum Gasteiger partial charge on any atom is 0.125 e. The Labute approximate surface area is 139 Å². The van der Waals surface area contributed by atoms with Crippen molar-refractivity contribution >= 4 is 32.3 Å². The molecular weight excluding hydrogens is 298 g/mol. The molecule has 0 fully saturated rings. The first-order chi connectivity index (χ1) is 11.4. The first-order valence-electron chi connectivity index (χ1n) is 7.57. The summed E-state index contributed by atoms with van der Waals surface area (Å²) in [5, 5.41) is 3.57. The maximum atomic E-state index is 4.87. The van der Waals surface area contributed by atoms with Crippen LogP contribution in [0, 0.1) is 0 Å². The normalized spacial score (nSPS) is 10.8. The van der Waals surface area contributed by atoms with Crippen molar-refractivity contribution in [2.45, 2.75) is 6.42 Å². The molecule has 4 rings (SSSR count). The van der Waals surface area contributed by atoms with Crippen LogP contribution in [0.3, 0.4) is 0 Å². The van der Waals surface area contributed by atoms with E-state index < -0.39 is 0 Å². The first-order valence-corrected chi connectivity index (χ1v) is 8.39. The fraction of sp³-hybridized carbons (Fsp3) is 0.0476. The zero-order chi connectivity index (χ0) is 15.6. The molecular formula is C21H15NS. The molecule has 0 N–H and O–H groups in total. The molecule has 110 valence electrons. The van der Waals surface area contributed by atoms with Gasteiger partial charge in [0.25, 0.3) is 0 Å². The maximum absolute atomic E-state index is 4.87. The Morgan fingerprint density at radius 2 is 1.83 bits per heavy atom. The van der Waals surface area contributed by atoms with E-state index in [1.165, 1.54) is 26.6 Å². The Bertz CT molecular complexity index is 1020. The van der Waals surface area contributed by atoms with Crippen molar-refractivity contribution in [1.82, 2.24) is 4.98 Å². The third kappa shape index (κ3) is 2.49. The van der Waals surface area contributed by atoms with E-state index in [4.69, 9.17) is 4.98 Å². The molecule has 0 aliphatic heterocycles. The van der Waals surface area contributed by atoms with Gasteiger partial charge >= 0.3 is 0 Å². The summed E-state index contributed by atoms with van der Waals surface area (Å²) in [6.45, 7) is 3.68. The SMILES string of the molecule is C=C=CCc1ccc2ccccc2c1-c1nc2ccccc2s1. The monoisotopic (exact) mass is 313 g/mol. The quantitative estimate of drug-likeness (QED) is 0.423. The topological polar surface area (TPSA) is 12.9 Å². The van der Waals surface area contributed by atoms with Crippen molar-refractivity contribution in [3.63, 3.8) is 0 Å². The third-order valence-corrected chi connectivity index (χ3v) is 5.04. The van der Waals surface area contributed by atoms with Gasteiger partial charge in [-0.25, -0.2) is 4.98 Å². The highest BCUT2D eigenvalue weighted by Gasteiger charge is 2.13. The van der Waals surface area contributed by atoms with Gasteiger partial charge in [-0.1, -0.05) is 55.1 Å². The van der Waals surface area contributed by atoms with Crippen LogP contribution in [-0.4, -0.2) is 4.98 Å². The van der Waals surface area contributed by atoms with Crippen LogP contribution in [0.25, 0.3) is 31.6 Å². The Hall–Kier alpha value is -2.67. The second kappa shape index (κ2) is 5.85. The zero-order valence-electron chi connectivity index (χ0n) is 12.6. The van der Waals surface area contributed by atoms with Gasteiger partial charge in [0.05, 0.1) is 10.2 Å². The summed E-state index contributed by atoms with van der Waals surface area (Å²) in [4.78, 5) is 4.87. The van der Waals surface area contributed by atoms with Crippen LogP contribution in [0.4, 0.5) is 0 Å². The first kappa shape index (κ1) is 14.0. The lowest BCUT2D eigenvalue weighted by molar-refractivity contribution is 1.28. The van der Waals surface area contributed by atoms with Crippen molar-refractivity contribution in [3.05, 3.63) is 84.6 Å². The number of allylic oxidation sites excluding steroid dienone is 1. The molecule has 0 atom stereocenters. The lowest BCUT2D eigenvalue weighted by Gasteiger charge is -2.09. The van der Waals surface area contributed by atoms with E-state index in [2.05, 4.69) is 66.9 Å². The van der Waals surface area contributed by atoms with E-state index in [1.807, 2.05) is 12.1 Å². The number of rotatable bonds is 3. The van der Waals surface area contributed by atoms with Crippen molar-refractivity contribution in [1.29, 1.82) is 0 Å². The molecule has 0 saturated heterocycles. The highest BCUT2D eigenvalue weighted by atomic mass is 32.1. The highest BCUT2D eigenvalue weighted by Crippen LogP contribution is 2.37. The number of fused-ring (bicyclic) bond motifs is 2. The molecule has 4 aromatic rings. The highest BCUT2D eigenvalue weighted by molar-refractivity contribution is 7.21. The number of nitrogens with zero attached hydrogens (tertiary/aromatic N) is 1. The van der Waals surface area contributed by atoms with Crippen LogP contribution >= 0.6 is 11.3 Å². The molecule has 0 radical (unpaired) electrons. The molecule has 3 aromatic carbocycles. The van der Waals surface area contributed by atoms with Crippen LogP contribution in [0.1, 0.15) is 5.56 Å². The number of hydrogen-bond donors (Lipinski definition) is 0. The van der Waals surface area contributed by atoms with E-state index in [1.54, 1.807) is 11.3 Å². The van der Waals surface area contributed by atoms with Crippen molar-refractivity contribution in [3.8, 4) is 10.6 Å². The van der Waals surface area contributed by atoms with E-state index in [-0.39, 0.29) is 0 Å². The fourth-order valence-electron chi connectivity index (χ4n) is 2.90. The zero-order valence-corrected chi connectivity index (χ0v) is 13.4. The second-order valence-corrected chi connectivity index (χ2v) is 6.45. The van der Waals surface area contributed by atoms with Crippen molar-refractivity contribution < 1.29 is 0 Å². The minimum Gasteiger partial charge on any atom is -0.236 e. The predicted octanol–water partition coefficient (Wildman–Crippen LogP) is 6.00. The van der Waals surface area contributed by atoms with E-state index in [0.717, 1.165) is 16.9 Å². The summed E-state index contributed by atoms with van der Waals surface area (Å²) >= 11 is 1.75. The smallest absolute Gasteiger partial charge is 0.125 e. The minimum atomic E-state index is 0.819. The Morgan fingerprint density at radius 1 is 1.00 bits per heavy atom. The van der Waals surface area contributed by atoms with Crippen molar-refractivity contribution in [2.24, 2.45) is 0 Å². The molecule has 0 amide bonds. The predicted molar refractivity (Wildman–Crippen MR) is 100.0 cm³/mol. The van der Waals surface area contributed by atoms with Gasteiger partial charge in [-0.3, -0.25) is 0 Å². The fourth-order valence-corrected chi connectivity index (χ4v) is 3.96. The number of thiazole rings is 1. The minimum absolute atomic E-state index is 0.819. The van der Waals surface area contributed by atoms with Gasteiger partial charge in [0.1, 0.15) is 5.01 Å². The number of aromatic nitrogens is 1. The van der Waals surface area contributed by atoms with Crippen LogP contribution in [-0.2, 0) is 6.42 Å². The molecule has 23 heavy (non-hydrogen) atoms. The largest absolute Gasteiger partial charge is 0.236 e. The average molecular weight is 313 g/mol. The molecule has 1 heterocycles. The van der Waals surface area contributed by atoms with Gasteiger partial charge in [-0.2, -0.15) is 0 Å². The Morgan fingerprint density at radius 3 is 2.70 bits per heavy atom. The average Bonchev–Trinajstić information content (AvgIpc) is 3.03. The van der Waals surface area contributed by atoms with E-state index >= 15 is 0 Å². The summed E-state index contributed by atoms with van der Waals surface area (Å²) in [6.07, 6.45) is 2.79. The molecule has 1 nitrogen and oxygen atoms in total. The molecule has 2 heteroatoms. The third-order valence-electron chi connectivity index (χ3n) is 3.99. The van der Waals surface area contributed by atoms with Gasteiger partial charge in [-0.05, 0) is 41.0 Å². The van der Waals surface area contributed by atoms with Gasteiger partial charge < -0.3 is 0 Å². The lowest BCUT2D eigenvalue weighted by atomic mass is 9.97. The van der Waals surface area contributed by atoms with Crippen LogP contribution in [0.2, 0.25) is 0 Å². The lowest BCUT2D eigenvalue weighted by Crippen LogP contribution is -1.90. The van der Waals surface area contributed by atoms with Crippen LogP contribution < -0.4 is 0 Å².